The van der Waals surface area contributed by atoms with Crippen molar-refractivity contribution >= 4 is 22.6 Å². The zero-order chi connectivity index (χ0) is 22.7. The first-order valence-corrected chi connectivity index (χ1v) is 10.9. The molecule has 0 atom stereocenters. The van der Waals surface area contributed by atoms with Crippen molar-refractivity contribution in [2.45, 2.75) is 39.4 Å². The second-order valence-electron chi connectivity index (χ2n) is 8.12. The third kappa shape index (κ3) is 4.16. The number of benzene rings is 1. The number of hydrogen-bond donors (Lipinski definition) is 0. The summed E-state index contributed by atoms with van der Waals surface area (Å²) >= 11 is 0. The van der Waals surface area contributed by atoms with Crippen LogP contribution in [0.5, 0.6) is 0 Å². The van der Waals surface area contributed by atoms with Crippen LogP contribution in [0.2, 0.25) is 0 Å². The minimum Gasteiger partial charge on any atom is -0.385 e. The topological polar surface area (TPSA) is 68.8 Å². The molecule has 7 nitrogen and oxygen atoms in total. The fourth-order valence-electron chi connectivity index (χ4n) is 3.94. The molecule has 32 heavy (non-hydrogen) atoms. The number of aromatic nitrogens is 3. The molecule has 0 unspecified atom stereocenters. The van der Waals surface area contributed by atoms with Gasteiger partial charge in [-0.1, -0.05) is 36.4 Å². The molecule has 3 heterocycles. The number of hydrogen-bond acceptors (Lipinski definition) is 4. The van der Waals surface area contributed by atoms with Crippen LogP contribution in [0, 0.1) is 0 Å². The maximum atomic E-state index is 13.8. The first-order valence-electron chi connectivity index (χ1n) is 10.9. The van der Waals surface area contributed by atoms with Gasteiger partial charge in [-0.05, 0) is 44.0 Å². The van der Waals surface area contributed by atoms with Gasteiger partial charge in [0.05, 0.1) is 5.39 Å². The van der Waals surface area contributed by atoms with E-state index in [2.05, 4.69) is 0 Å². The summed E-state index contributed by atoms with van der Waals surface area (Å²) in [6.07, 6.45) is 2.40. The van der Waals surface area contributed by atoms with Gasteiger partial charge in [-0.3, -0.25) is 14.0 Å². The molecule has 0 saturated heterocycles. The van der Waals surface area contributed by atoms with Gasteiger partial charge in [-0.25, -0.2) is 4.98 Å². The average molecular weight is 433 g/mol. The van der Waals surface area contributed by atoms with Gasteiger partial charge in [0.15, 0.2) is 0 Å². The van der Waals surface area contributed by atoms with E-state index >= 15 is 0 Å². The van der Waals surface area contributed by atoms with E-state index in [1.54, 1.807) is 31.5 Å². The number of ether oxygens (including phenoxy) is 1. The van der Waals surface area contributed by atoms with Crippen LogP contribution in [-0.2, 0) is 17.8 Å². The number of pyridine rings is 1. The second kappa shape index (κ2) is 9.36. The van der Waals surface area contributed by atoms with Gasteiger partial charge in [0.1, 0.15) is 17.0 Å². The normalized spacial score (nSPS) is 11.5. The molecule has 0 spiro atoms. The van der Waals surface area contributed by atoms with Crippen molar-refractivity contribution in [2.75, 3.05) is 13.7 Å². The lowest BCUT2D eigenvalue weighted by Crippen LogP contribution is -2.37. The summed E-state index contributed by atoms with van der Waals surface area (Å²) in [5.41, 5.74) is 2.44. The van der Waals surface area contributed by atoms with E-state index in [1.807, 2.05) is 59.7 Å². The van der Waals surface area contributed by atoms with Crippen LogP contribution < -0.4 is 5.56 Å². The average Bonchev–Trinajstić information content (AvgIpc) is 3.16. The fourth-order valence-corrected chi connectivity index (χ4v) is 3.94. The molecule has 7 heteroatoms. The highest BCUT2D eigenvalue weighted by Crippen LogP contribution is 2.21. The number of carbonyl (C=O) groups is 1. The number of rotatable bonds is 8. The SMILES string of the molecule is COCCCn1c(C(=O)N(Cc2ccccc2)C(C)C)cc2c(=O)n3ccccc3nc21. The monoisotopic (exact) mass is 432 g/mol. The van der Waals surface area contributed by atoms with E-state index in [4.69, 9.17) is 9.72 Å². The number of aryl methyl sites for hydroxylation is 1. The molecule has 0 N–H and O–H groups in total. The molecule has 4 aromatic rings. The van der Waals surface area contributed by atoms with Gasteiger partial charge < -0.3 is 14.2 Å². The van der Waals surface area contributed by atoms with Gasteiger partial charge in [-0.15, -0.1) is 0 Å². The summed E-state index contributed by atoms with van der Waals surface area (Å²) < 4.78 is 8.60. The van der Waals surface area contributed by atoms with E-state index in [0.717, 1.165) is 5.56 Å². The second-order valence-corrected chi connectivity index (χ2v) is 8.12. The van der Waals surface area contributed by atoms with Gasteiger partial charge in [0.2, 0.25) is 0 Å². The molecule has 0 aliphatic carbocycles. The minimum atomic E-state index is -0.177. The van der Waals surface area contributed by atoms with Gasteiger partial charge in [0.25, 0.3) is 11.5 Å². The summed E-state index contributed by atoms with van der Waals surface area (Å²) in [6, 6.07) is 17.0. The summed E-state index contributed by atoms with van der Waals surface area (Å²) in [7, 11) is 1.65. The molecule has 0 aliphatic heterocycles. The van der Waals surface area contributed by atoms with Gasteiger partial charge >= 0.3 is 0 Å². The number of carbonyl (C=O) groups excluding carboxylic acids is 1. The molecule has 0 aliphatic rings. The van der Waals surface area contributed by atoms with Crippen LogP contribution in [0.4, 0.5) is 0 Å². The smallest absolute Gasteiger partial charge is 0.271 e. The van der Waals surface area contributed by atoms with E-state index in [1.165, 1.54) is 4.40 Å². The fraction of sp³-hybridized carbons (Fsp3) is 0.320. The van der Waals surface area contributed by atoms with Gasteiger partial charge in [-0.2, -0.15) is 0 Å². The Morgan fingerprint density at radius 1 is 1.12 bits per heavy atom. The molecule has 0 fully saturated rings. The Morgan fingerprint density at radius 2 is 1.88 bits per heavy atom. The third-order valence-corrected chi connectivity index (χ3v) is 5.61. The summed E-state index contributed by atoms with van der Waals surface area (Å²) in [4.78, 5) is 33.5. The van der Waals surface area contributed by atoms with Crippen molar-refractivity contribution in [3.63, 3.8) is 0 Å². The largest absolute Gasteiger partial charge is 0.385 e. The standard InChI is InChI=1S/C25H28N4O3/c1-18(2)29(17-19-10-5-4-6-11-19)25(31)21-16-20-23(27(21)14-9-15-32-3)26-22-12-7-8-13-28(22)24(20)30/h4-8,10-13,16,18H,9,14-15,17H2,1-3H3. The van der Waals surface area contributed by atoms with E-state index in [0.29, 0.717) is 48.5 Å². The Kier molecular flexibility index (Phi) is 6.37. The van der Waals surface area contributed by atoms with Crippen molar-refractivity contribution in [3.05, 3.63) is 82.4 Å². The third-order valence-electron chi connectivity index (χ3n) is 5.61. The number of fused-ring (bicyclic) bond motifs is 2. The molecule has 0 radical (unpaired) electrons. The molecule has 4 rings (SSSR count). The molecule has 1 amide bonds. The minimum absolute atomic E-state index is 0.0127. The lowest BCUT2D eigenvalue weighted by molar-refractivity contribution is 0.0678. The molecule has 0 bridgehead atoms. The van der Waals surface area contributed by atoms with E-state index in [-0.39, 0.29) is 17.5 Å². The molecule has 3 aromatic heterocycles. The van der Waals surface area contributed by atoms with E-state index < -0.39 is 0 Å². The Labute approximate surface area is 186 Å². The first kappa shape index (κ1) is 21.8. The van der Waals surface area contributed by atoms with E-state index in [9.17, 15) is 9.59 Å². The van der Waals surface area contributed by atoms with Crippen LogP contribution in [0.3, 0.4) is 0 Å². The molecule has 166 valence electrons. The molecular weight excluding hydrogens is 404 g/mol. The Hall–Kier alpha value is -3.45. The molecule has 0 saturated carbocycles. The van der Waals surface area contributed by atoms with Gasteiger partial charge in [0, 0.05) is 39.0 Å². The van der Waals surface area contributed by atoms with Crippen molar-refractivity contribution in [1.82, 2.24) is 18.9 Å². The number of amides is 1. The Balaban J connectivity index is 1.84. The lowest BCUT2D eigenvalue weighted by Gasteiger charge is -2.27. The summed E-state index contributed by atoms with van der Waals surface area (Å²) in [5.74, 6) is -0.118. The van der Waals surface area contributed by atoms with Crippen molar-refractivity contribution < 1.29 is 9.53 Å². The van der Waals surface area contributed by atoms with Crippen molar-refractivity contribution in [2.24, 2.45) is 0 Å². The predicted molar refractivity (Wildman–Crippen MR) is 125 cm³/mol. The van der Waals surface area contributed by atoms with Crippen LogP contribution in [-0.4, -0.2) is 44.5 Å². The number of methoxy groups -OCH3 is 1. The van der Waals surface area contributed by atoms with Crippen molar-refractivity contribution in [3.8, 4) is 0 Å². The first-order chi connectivity index (χ1) is 15.5. The zero-order valence-electron chi connectivity index (χ0n) is 18.7. The molecular formula is C25H28N4O3. The summed E-state index contributed by atoms with van der Waals surface area (Å²) in [5, 5.41) is 0.442. The maximum Gasteiger partial charge on any atom is 0.271 e. The van der Waals surface area contributed by atoms with Crippen molar-refractivity contribution in [1.29, 1.82) is 0 Å². The highest BCUT2D eigenvalue weighted by Gasteiger charge is 2.25. The highest BCUT2D eigenvalue weighted by molar-refractivity contribution is 5.98. The number of nitrogens with zero attached hydrogens (tertiary/aromatic N) is 4. The van der Waals surface area contributed by atoms with Crippen LogP contribution >= 0.6 is 0 Å². The Bertz CT molecular complexity index is 1290. The van der Waals surface area contributed by atoms with Crippen LogP contribution in [0.25, 0.3) is 16.7 Å². The lowest BCUT2D eigenvalue weighted by atomic mass is 10.1. The molecule has 1 aromatic carbocycles. The quantitative estimate of drug-likeness (QED) is 0.398. The zero-order valence-corrected chi connectivity index (χ0v) is 18.7. The Morgan fingerprint density at radius 3 is 2.59 bits per heavy atom. The van der Waals surface area contributed by atoms with Crippen LogP contribution in [0.15, 0.2) is 65.6 Å². The predicted octanol–water partition coefficient (Wildman–Crippen LogP) is 3.74. The van der Waals surface area contributed by atoms with Crippen LogP contribution in [0.1, 0.15) is 36.3 Å². The highest BCUT2D eigenvalue weighted by atomic mass is 16.5. The summed E-state index contributed by atoms with van der Waals surface area (Å²) in [6.45, 7) is 5.58. The maximum absolute atomic E-state index is 13.8.